The molecule has 5 rings (SSSR count). The maximum absolute atomic E-state index is 5.68. The zero-order valence-electron chi connectivity index (χ0n) is 16.0. The van der Waals surface area contributed by atoms with E-state index in [0.717, 1.165) is 55.5 Å². The van der Waals surface area contributed by atoms with Gasteiger partial charge in [-0.25, -0.2) is 0 Å². The zero-order chi connectivity index (χ0) is 18.8. The van der Waals surface area contributed by atoms with Gasteiger partial charge in [-0.2, -0.15) is 15.9 Å². The van der Waals surface area contributed by atoms with Crippen LogP contribution in [0.25, 0.3) is 17.0 Å². The van der Waals surface area contributed by atoms with Gasteiger partial charge in [-0.1, -0.05) is 6.42 Å². The summed E-state index contributed by atoms with van der Waals surface area (Å²) in [5.74, 6) is 1.66. The molecule has 2 fully saturated rings. The molecule has 0 spiro atoms. The lowest BCUT2D eigenvalue weighted by Gasteiger charge is -2.48. The number of nitrogens with zero attached hydrogens (tertiary/aromatic N) is 5. The summed E-state index contributed by atoms with van der Waals surface area (Å²) in [5.41, 5.74) is 1.98. The van der Waals surface area contributed by atoms with Gasteiger partial charge >= 0.3 is 0 Å². The smallest absolute Gasteiger partial charge is 0.186 e. The number of piperidine rings is 1. The number of anilines is 1. The fourth-order valence-corrected chi connectivity index (χ4v) is 5.07. The van der Waals surface area contributed by atoms with E-state index in [2.05, 4.69) is 31.9 Å². The van der Waals surface area contributed by atoms with Gasteiger partial charge in [0.05, 0.1) is 0 Å². The van der Waals surface area contributed by atoms with E-state index in [-0.39, 0.29) is 5.54 Å². The number of aromatic nitrogens is 4. The normalized spacial score (nSPS) is 20.4. The molecule has 0 saturated carbocycles. The van der Waals surface area contributed by atoms with Crippen LogP contribution in [-0.2, 0) is 4.74 Å². The molecule has 2 saturated heterocycles. The lowest BCUT2D eigenvalue weighted by molar-refractivity contribution is -0.0293. The average molecular weight is 399 g/mol. The molecule has 7 nitrogen and oxygen atoms in total. The molecule has 3 aromatic rings. The molecule has 2 aliphatic rings. The molecule has 28 heavy (non-hydrogen) atoms. The van der Waals surface area contributed by atoms with Crippen molar-refractivity contribution >= 4 is 22.8 Å². The van der Waals surface area contributed by atoms with Gasteiger partial charge < -0.3 is 10.1 Å². The Balaban J connectivity index is 1.38. The Labute approximate surface area is 168 Å². The van der Waals surface area contributed by atoms with Gasteiger partial charge in [0.2, 0.25) is 0 Å². The quantitative estimate of drug-likeness (QED) is 0.711. The Bertz CT molecular complexity index is 912. The molecule has 1 N–H and O–H groups in total. The van der Waals surface area contributed by atoms with Gasteiger partial charge in [-0.15, -0.1) is 15.3 Å². The molecule has 0 amide bonds. The predicted octanol–water partition coefficient (Wildman–Crippen LogP) is 3.30. The van der Waals surface area contributed by atoms with Crippen molar-refractivity contribution in [2.75, 3.05) is 38.2 Å². The van der Waals surface area contributed by atoms with Crippen molar-refractivity contribution in [2.45, 2.75) is 37.6 Å². The summed E-state index contributed by atoms with van der Waals surface area (Å²) in [6.45, 7) is 4.98. The van der Waals surface area contributed by atoms with E-state index in [1.807, 2.05) is 22.0 Å². The highest BCUT2D eigenvalue weighted by molar-refractivity contribution is 7.08. The molecule has 0 bridgehead atoms. The third kappa shape index (κ3) is 3.40. The standard InChI is InChI=1S/C20H26N6OS/c1-2-9-25(10-3-1)20(7-11-27-12-8-20)15-21-17-4-5-18-22-23-19(26(18)24-17)16-6-13-28-14-16/h4-6,13-14H,1-3,7-12,15H2,(H,21,24). The highest BCUT2D eigenvalue weighted by Gasteiger charge is 2.38. The first kappa shape index (κ1) is 18.0. The number of ether oxygens (including phenoxy) is 1. The Kier molecular flexibility index (Phi) is 5.00. The lowest BCUT2D eigenvalue weighted by atomic mass is 9.86. The fraction of sp³-hybridized carbons (Fsp3) is 0.550. The molecule has 8 heteroatoms. The van der Waals surface area contributed by atoms with Crippen LogP contribution in [0.2, 0.25) is 0 Å². The largest absolute Gasteiger partial charge is 0.381 e. The number of fused-ring (bicyclic) bond motifs is 1. The van der Waals surface area contributed by atoms with Crippen molar-refractivity contribution in [3.63, 3.8) is 0 Å². The van der Waals surface area contributed by atoms with Crippen LogP contribution in [0.4, 0.5) is 5.82 Å². The third-order valence-electron chi connectivity index (χ3n) is 6.09. The van der Waals surface area contributed by atoms with Gasteiger partial charge in [0.25, 0.3) is 0 Å². The number of thiophene rings is 1. The van der Waals surface area contributed by atoms with Crippen molar-refractivity contribution in [2.24, 2.45) is 0 Å². The molecule has 3 aromatic heterocycles. The van der Waals surface area contributed by atoms with Crippen LogP contribution in [0.5, 0.6) is 0 Å². The maximum atomic E-state index is 5.68. The summed E-state index contributed by atoms with van der Waals surface area (Å²) in [7, 11) is 0. The average Bonchev–Trinajstić information content (AvgIpc) is 3.43. The minimum Gasteiger partial charge on any atom is -0.381 e. The predicted molar refractivity (Wildman–Crippen MR) is 111 cm³/mol. The molecule has 0 aliphatic carbocycles. The molecule has 0 atom stereocenters. The number of nitrogens with one attached hydrogen (secondary N) is 1. The van der Waals surface area contributed by atoms with E-state index in [9.17, 15) is 0 Å². The van der Waals surface area contributed by atoms with E-state index in [1.165, 1.54) is 32.4 Å². The van der Waals surface area contributed by atoms with Crippen LogP contribution in [0, 0.1) is 0 Å². The van der Waals surface area contributed by atoms with E-state index < -0.39 is 0 Å². The second-order valence-electron chi connectivity index (χ2n) is 7.76. The number of likely N-dealkylation sites (tertiary alicyclic amines) is 1. The Morgan fingerprint density at radius 3 is 2.71 bits per heavy atom. The second kappa shape index (κ2) is 7.77. The summed E-state index contributed by atoms with van der Waals surface area (Å²) < 4.78 is 7.52. The Morgan fingerprint density at radius 2 is 1.93 bits per heavy atom. The van der Waals surface area contributed by atoms with Crippen molar-refractivity contribution in [1.82, 2.24) is 24.7 Å². The number of hydrogen-bond acceptors (Lipinski definition) is 7. The van der Waals surface area contributed by atoms with Crippen LogP contribution in [0.1, 0.15) is 32.1 Å². The number of hydrogen-bond donors (Lipinski definition) is 1. The summed E-state index contributed by atoms with van der Waals surface area (Å²) in [4.78, 5) is 2.69. The zero-order valence-corrected chi connectivity index (χ0v) is 16.8. The first-order valence-electron chi connectivity index (χ1n) is 10.2. The molecule has 0 radical (unpaired) electrons. The first-order valence-corrected chi connectivity index (χ1v) is 11.1. The van der Waals surface area contributed by atoms with Crippen molar-refractivity contribution in [1.29, 1.82) is 0 Å². The minimum atomic E-state index is 0.165. The van der Waals surface area contributed by atoms with Crippen molar-refractivity contribution < 1.29 is 4.74 Å². The van der Waals surface area contributed by atoms with Crippen LogP contribution in [-0.4, -0.2) is 63.1 Å². The van der Waals surface area contributed by atoms with Gasteiger partial charge in [-0.05, 0) is 62.4 Å². The summed E-state index contributed by atoms with van der Waals surface area (Å²) in [6.07, 6.45) is 6.12. The highest BCUT2D eigenvalue weighted by atomic mass is 32.1. The van der Waals surface area contributed by atoms with E-state index >= 15 is 0 Å². The van der Waals surface area contributed by atoms with Gasteiger partial charge in [0.15, 0.2) is 11.5 Å². The maximum Gasteiger partial charge on any atom is 0.186 e. The molecule has 0 unspecified atom stereocenters. The first-order chi connectivity index (χ1) is 13.8. The molecular weight excluding hydrogens is 372 g/mol. The van der Waals surface area contributed by atoms with Gasteiger partial charge in [0.1, 0.15) is 5.82 Å². The van der Waals surface area contributed by atoms with E-state index in [4.69, 9.17) is 9.84 Å². The Morgan fingerprint density at radius 1 is 1.07 bits per heavy atom. The SMILES string of the molecule is c1cc(-c2nnc3ccc(NCC4(N5CCCCC5)CCOCC4)nn23)cs1. The van der Waals surface area contributed by atoms with Crippen molar-refractivity contribution in [3.05, 3.63) is 29.0 Å². The van der Waals surface area contributed by atoms with Gasteiger partial charge in [0, 0.05) is 36.2 Å². The highest BCUT2D eigenvalue weighted by Crippen LogP contribution is 2.31. The minimum absolute atomic E-state index is 0.165. The van der Waals surface area contributed by atoms with E-state index in [0.29, 0.717) is 0 Å². The summed E-state index contributed by atoms with van der Waals surface area (Å²) in [5, 5.41) is 21.1. The Hall–Kier alpha value is -2.03. The van der Waals surface area contributed by atoms with Crippen LogP contribution in [0.15, 0.2) is 29.0 Å². The van der Waals surface area contributed by atoms with Gasteiger partial charge in [-0.3, -0.25) is 4.90 Å². The topological polar surface area (TPSA) is 67.6 Å². The molecule has 0 aromatic carbocycles. The second-order valence-corrected chi connectivity index (χ2v) is 8.54. The van der Waals surface area contributed by atoms with Crippen LogP contribution in [0.3, 0.4) is 0 Å². The van der Waals surface area contributed by atoms with Crippen LogP contribution >= 0.6 is 11.3 Å². The summed E-state index contributed by atoms with van der Waals surface area (Å²) >= 11 is 1.65. The lowest BCUT2D eigenvalue weighted by Crippen LogP contribution is -2.57. The van der Waals surface area contributed by atoms with Crippen molar-refractivity contribution in [3.8, 4) is 11.4 Å². The molecular formula is C20H26N6OS. The van der Waals surface area contributed by atoms with Crippen LogP contribution < -0.4 is 5.32 Å². The molecule has 5 heterocycles. The fourth-order valence-electron chi connectivity index (χ4n) is 4.43. The number of rotatable bonds is 5. The van der Waals surface area contributed by atoms with E-state index in [1.54, 1.807) is 11.3 Å². The third-order valence-corrected chi connectivity index (χ3v) is 6.77. The molecule has 2 aliphatic heterocycles. The molecule has 148 valence electrons. The monoisotopic (exact) mass is 398 g/mol. The summed E-state index contributed by atoms with van der Waals surface area (Å²) in [6, 6.07) is 6.04.